The Morgan fingerprint density at radius 2 is 1.88 bits per heavy atom. The summed E-state index contributed by atoms with van der Waals surface area (Å²) in [6, 6.07) is 3.33. The van der Waals surface area contributed by atoms with Crippen LogP contribution in [0, 0.1) is 12.7 Å². The lowest BCUT2D eigenvalue weighted by Gasteiger charge is -2.22. The second-order valence-corrected chi connectivity index (χ2v) is 3.85. The van der Waals surface area contributed by atoms with Crippen LogP contribution >= 0.6 is 12.6 Å². The average Bonchev–Trinajstić information content (AvgIpc) is 2.28. The molecular formula is C12H18FNO2S. The Bertz CT molecular complexity index is 368. The summed E-state index contributed by atoms with van der Waals surface area (Å²) in [7, 11) is 0. The Kier molecular flexibility index (Phi) is 7.37. The van der Waals surface area contributed by atoms with E-state index in [2.05, 4.69) is 12.6 Å². The van der Waals surface area contributed by atoms with E-state index in [-0.39, 0.29) is 12.3 Å². The monoisotopic (exact) mass is 259 g/mol. The van der Waals surface area contributed by atoms with E-state index in [0.29, 0.717) is 5.69 Å². The summed E-state index contributed by atoms with van der Waals surface area (Å²) in [6.45, 7) is 7.26. The number of hydrogen-bond donors (Lipinski definition) is 2. The van der Waals surface area contributed by atoms with Crippen LogP contribution < -0.4 is 4.90 Å². The Morgan fingerprint density at radius 3 is 2.29 bits per heavy atom. The van der Waals surface area contributed by atoms with Crippen molar-refractivity contribution in [2.45, 2.75) is 25.7 Å². The number of hydrogen-bond acceptors (Lipinski definition) is 3. The first-order valence-electron chi connectivity index (χ1n) is 5.33. The molecular weight excluding hydrogens is 241 g/mol. The zero-order valence-corrected chi connectivity index (χ0v) is 11.2. The first-order chi connectivity index (χ1) is 8.01. The number of anilines is 1. The molecule has 0 aliphatic rings. The van der Waals surface area contributed by atoms with Crippen molar-refractivity contribution < 1.29 is 14.3 Å². The third kappa shape index (κ3) is 4.65. The molecule has 0 heterocycles. The van der Waals surface area contributed by atoms with Gasteiger partial charge in [0.2, 0.25) is 0 Å². The topological polar surface area (TPSA) is 40.5 Å². The molecule has 0 spiro atoms. The molecule has 1 aromatic carbocycles. The minimum Gasteiger partial charge on any atom is -0.483 e. The van der Waals surface area contributed by atoms with Gasteiger partial charge in [0.25, 0.3) is 6.47 Å². The van der Waals surface area contributed by atoms with Crippen molar-refractivity contribution in [3.63, 3.8) is 0 Å². The van der Waals surface area contributed by atoms with E-state index in [9.17, 15) is 4.39 Å². The molecule has 5 heteroatoms. The van der Waals surface area contributed by atoms with Crippen LogP contribution in [0.5, 0.6) is 0 Å². The van der Waals surface area contributed by atoms with Gasteiger partial charge in [-0.05, 0) is 38.5 Å². The van der Waals surface area contributed by atoms with Crippen LogP contribution in [-0.4, -0.2) is 24.7 Å². The first kappa shape index (κ1) is 15.8. The smallest absolute Gasteiger partial charge is 0.290 e. The second kappa shape index (κ2) is 7.95. The predicted octanol–water partition coefficient (Wildman–Crippen LogP) is 2.97. The normalized spacial score (nSPS) is 9.24. The largest absolute Gasteiger partial charge is 0.483 e. The van der Waals surface area contributed by atoms with Gasteiger partial charge < -0.3 is 10.0 Å². The van der Waals surface area contributed by atoms with Gasteiger partial charge in [-0.1, -0.05) is 0 Å². The summed E-state index contributed by atoms with van der Waals surface area (Å²) in [5.41, 5.74) is 1.52. The Balaban J connectivity index is 0.000000770. The molecule has 1 aromatic rings. The third-order valence-electron chi connectivity index (χ3n) is 2.37. The van der Waals surface area contributed by atoms with Crippen LogP contribution in [0.2, 0.25) is 0 Å². The van der Waals surface area contributed by atoms with Gasteiger partial charge in [0, 0.05) is 18.0 Å². The number of thiol groups is 1. The highest BCUT2D eigenvalue weighted by Gasteiger charge is 2.09. The molecule has 17 heavy (non-hydrogen) atoms. The van der Waals surface area contributed by atoms with Crippen molar-refractivity contribution in [3.05, 3.63) is 23.5 Å². The van der Waals surface area contributed by atoms with E-state index in [1.807, 2.05) is 25.7 Å². The maximum atomic E-state index is 13.6. The number of carbonyl (C=O) groups is 1. The second-order valence-electron chi connectivity index (χ2n) is 3.37. The molecule has 96 valence electrons. The number of rotatable bonds is 3. The number of halogens is 1. The molecule has 3 nitrogen and oxygen atoms in total. The number of carboxylic acid groups (broad SMARTS) is 1. The summed E-state index contributed by atoms with van der Waals surface area (Å²) in [6.07, 6.45) is 0. The van der Waals surface area contributed by atoms with Crippen molar-refractivity contribution in [3.8, 4) is 0 Å². The number of benzene rings is 1. The third-order valence-corrected chi connectivity index (χ3v) is 2.85. The van der Waals surface area contributed by atoms with Gasteiger partial charge in [0.1, 0.15) is 5.82 Å². The molecule has 0 bridgehead atoms. The number of nitrogens with zero attached hydrogens (tertiary/aromatic N) is 1. The molecule has 0 radical (unpaired) electrons. The fourth-order valence-corrected chi connectivity index (χ4v) is 1.64. The van der Waals surface area contributed by atoms with Crippen molar-refractivity contribution in [2.24, 2.45) is 0 Å². The maximum absolute atomic E-state index is 13.6. The highest BCUT2D eigenvalue weighted by atomic mass is 32.1. The average molecular weight is 259 g/mol. The van der Waals surface area contributed by atoms with Crippen LogP contribution in [0.4, 0.5) is 10.1 Å². The molecule has 0 aromatic heterocycles. The van der Waals surface area contributed by atoms with Gasteiger partial charge in [-0.15, -0.1) is 12.6 Å². The van der Waals surface area contributed by atoms with Gasteiger partial charge in [-0.2, -0.15) is 0 Å². The Morgan fingerprint density at radius 1 is 1.41 bits per heavy atom. The lowest BCUT2D eigenvalue weighted by atomic mass is 10.2. The van der Waals surface area contributed by atoms with Gasteiger partial charge >= 0.3 is 0 Å². The molecule has 0 atom stereocenters. The van der Waals surface area contributed by atoms with E-state index in [1.54, 1.807) is 6.07 Å². The SMILES string of the molecule is CCN(CC)c1cc(S)c(C)cc1F.O=CO. The highest BCUT2D eigenvalue weighted by molar-refractivity contribution is 7.80. The Hall–Kier alpha value is -1.23. The lowest BCUT2D eigenvalue weighted by Crippen LogP contribution is -2.23. The first-order valence-corrected chi connectivity index (χ1v) is 5.78. The van der Waals surface area contributed by atoms with Gasteiger partial charge in [0.05, 0.1) is 5.69 Å². The molecule has 0 unspecified atom stereocenters. The maximum Gasteiger partial charge on any atom is 0.290 e. The van der Waals surface area contributed by atoms with E-state index < -0.39 is 0 Å². The minimum atomic E-state index is -0.250. The molecule has 0 fully saturated rings. The Labute approximate surface area is 107 Å². The zero-order valence-electron chi connectivity index (χ0n) is 10.3. The molecule has 0 aliphatic carbocycles. The summed E-state index contributed by atoms with van der Waals surface area (Å²) in [5, 5.41) is 6.89. The summed E-state index contributed by atoms with van der Waals surface area (Å²) < 4.78 is 13.6. The van der Waals surface area contributed by atoms with Crippen molar-refractivity contribution in [1.82, 2.24) is 0 Å². The van der Waals surface area contributed by atoms with E-state index in [1.165, 1.54) is 6.07 Å². The van der Waals surface area contributed by atoms with Crippen LogP contribution in [0.15, 0.2) is 17.0 Å². The molecule has 0 aliphatic heterocycles. The van der Waals surface area contributed by atoms with Crippen molar-refractivity contribution in [1.29, 1.82) is 0 Å². The molecule has 0 saturated carbocycles. The summed E-state index contributed by atoms with van der Waals surface area (Å²) in [5.74, 6) is -0.163. The standard InChI is InChI=1S/C11H16FNS.CH2O2/c1-4-13(5-2)10-7-11(14)8(3)6-9(10)12;2-1-3/h6-7,14H,4-5H2,1-3H3;1H,(H,2,3). The van der Waals surface area contributed by atoms with Crippen LogP contribution in [0.25, 0.3) is 0 Å². The van der Waals surface area contributed by atoms with Gasteiger partial charge in [-0.3, -0.25) is 4.79 Å². The van der Waals surface area contributed by atoms with Gasteiger partial charge in [-0.25, -0.2) is 4.39 Å². The van der Waals surface area contributed by atoms with E-state index in [4.69, 9.17) is 9.90 Å². The molecule has 0 amide bonds. The van der Waals surface area contributed by atoms with E-state index in [0.717, 1.165) is 23.5 Å². The van der Waals surface area contributed by atoms with Crippen molar-refractivity contribution in [2.75, 3.05) is 18.0 Å². The summed E-state index contributed by atoms with van der Waals surface area (Å²) in [4.78, 5) is 11.2. The summed E-state index contributed by atoms with van der Waals surface area (Å²) >= 11 is 4.29. The lowest BCUT2D eigenvalue weighted by molar-refractivity contribution is -0.122. The van der Waals surface area contributed by atoms with E-state index >= 15 is 0 Å². The van der Waals surface area contributed by atoms with Gasteiger partial charge in [0.15, 0.2) is 0 Å². The van der Waals surface area contributed by atoms with Crippen molar-refractivity contribution >= 4 is 24.8 Å². The molecule has 1 rings (SSSR count). The zero-order chi connectivity index (χ0) is 13.4. The van der Waals surface area contributed by atoms with Crippen LogP contribution in [0.1, 0.15) is 19.4 Å². The van der Waals surface area contributed by atoms with Crippen LogP contribution in [-0.2, 0) is 4.79 Å². The minimum absolute atomic E-state index is 0.163. The molecule has 0 saturated heterocycles. The highest BCUT2D eigenvalue weighted by Crippen LogP contribution is 2.25. The fraction of sp³-hybridized carbons (Fsp3) is 0.417. The quantitative estimate of drug-likeness (QED) is 0.647. The number of aryl methyl sites for hydroxylation is 1. The predicted molar refractivity (Wildman–Crippen MR) is 70.6 cm³/mol. The molecule has 1 N–H and O–H groups in total. The van der Waals surface area contributed by atoms with Crippen LogP contribution in [0.3, 0.4) is 0 Å². The fourth-order valence-electron chi connectivity index (χ4n) is 1.46.